The van der Waals surface area contributed by atoms with Crippen LogP contribution < -0.4 is 11.3 Å². The summed E-state index contributed by atoms with van der Waals surface area (Å²) in [6.45, 7) is 0. The molecule has 3 N–H and O–H groups in total. The van der Waals surface area contributed by atoms with Crippen molar-refractivity contribution in [3.63, 3.8) is 0 Å². The number of rotatable bonds is 5. The third-order valence-corrected chi connectivity index (χ3v) is 6.46. The summed E-state index contributed by atoms with van der Waals surface area (Å²) in [5.74, 6) is 5.98. The lowest BCUT2D eigenvalue weighted by molar-refractivity contribution is 0.270. The van der Waals surface area contributed by atoms with Crippen LogP contribution in [0.25, 0.3) is 0 Å². The highest BCUT2D eigenvalue weighted by Gasteiger charge is 2.32. The molecule has 1 fully saturated rings. The predicted octanol–water partition coefficient (Wildman–Crippen LogP) is 2.32. The summed E-state index contributed by atoms with van der Waals surface area (Å²) in [7, 11) is -2.98. The topological polar surface area (TPSA) is 72.2 Å². The molecular formula is C15H23ClN2O2S. The first-order chi connectivity index (χ1) is 9.91. The second kappa shape index (κ2) is 7.09. The number of sulfone groups is 1. The van der Waals surface area contributed by atoms with Crippen LogP contribution in [0, 0.1) is 5.92 Å². The van der Waals surface area contributed by atoms with Crippen molar-refractivity contribution in [2.24, 2.45) is 11.8 Å². The van der Waals surface area contributed by atoms with E-state index >= 15 is 0 Å². The van der Waals surface area contributed by atoms with Crippen molar-refractivity contribution >= 4 is 21.4 Å². The molecule has 0 radical (unpaired) electrons. The smallest absolute Gasteiger partial charge is 0.150 e. The first-order valence-corrected chi connectivity index (χ1v) is 9.63. The van der Waals surface area contributed by atoms with Gasteiger partial charge in [-0.05, 0) is 43.2 Å². The highest BCUT2D eigenvalue weighted by atomic mass is 35.5. The summed E-state index contributed by atoms with van der Waals surface area (Å²) in [6, 6.07) is 7.76. The molecule has 1 aromatic rings. The van der Waals surface area contributed by atoms with Gasteiger partial charge in [0.2, 0.25) is 0 Å². The fraction of sp³-hybridized carbons (Fsp3) is 0.600. The number of hydrazine groups is 1. The molecule has 3 unspecified atom stereocenters. The largest absolute Gasteiger partial charge is 0.271 e. The van der Waals surface area contributed by atoms with E-state index in [1.54, 1.807) is 0 Å². The van der Waals surface area contributed by atoms with Crippen LogP contribution in [0.2, 0.25) is 5.02 Å². The molecule has 0 aromatic heterocycles. The van der Waals surface area contributed by atoms with Crippen LogP contribution in [-0.2, 0) is 16.3 Å². The van der Waals surface area contributed by atoms with Crippen molar-refractivity contribution in [3.05, 3.63) is 34.9 Å². The minimum Gasteiger partial charge on any atom is -0.271 e. The Kier molecular flexibility index (Phi) is 5.66. The van der Waals surface area contributed by atoms with Crippen LogP contribution in [-0.4, -0.2) is 26.0 Å². The monoisotopic (exact) mass is 330 g/mol. The highest BCUT2D eigenvalue weighted by Crippen LogP contribution is 2.32. The summed E-state index contributed by atoms with van der Waals surface area (Å²) < 4.78 is 23.6. The van der Waals surface area contributed by atoms with Crippen LogP contribution in [0.4, 0.5) is 0 Å². The summed E-state index contributed by atoms with van der Waals surface area (Å²) in [5.41, 5.74) is 3.91. The van der Waals surface area contributed by atoms with Crippen molar-refractivity contribution in [2.45, 2.75) is 43.4 Å². The van der Waals surface area contributed by atoms with Crippen molar-refractivity contribution < 1.29 is 8.42 Å². The van der Waals surface area contributed by atoms with E-state index in [1.165, 1.54) is 6.26 Å². The highest BCUT2D eigenvalue weighted by molar-refractivity contribution is 7.91. The van der Waals surface area contributed by atoms with E-state index in [1.807, 2.05) is 24.3 Å². The molecule has 1 aliphatic rings. The summed E-state index contributed by atoms with van der Waals surface area (Å²) in [6.07, 6.45) is 5.43. The average molecular weight is 331 g/mol. The van der Waals surface area contributed by atoms with Gasteiger partial charge in [0.1, 0.15) is 9.84 Å². The van der Waals surface area contributed by atoms with E-state index in [-0.39, 0.29) is 17.2 Å². The molecule has 0 aliphatic heterocycles. The SMILES string of the molecule is CS(=O)(=O)C1CCCC(C(Cc2ccccc2Cl)NN)C1. The molecule has 0 spiro atoms. The molecule has 21 heavy (non-hydrogen) atoms. The van der Waals surface area contributed by atoms with E-state index in [4.69, 9.17) is 17.4 Å². The van der Waals surface area contributed by atoms with Gasteiger partial charge in [-0.15, -0.1) is 0 Å². The molecule has 6 heteroatoms. The molecule has 0 saturated heterocycles. The van der Waals surface area contributed by atoms with Gasteiger partial charge in [-0.2, -0.15) is 0 Å². The van der Waals surface area contributed by atoms with E-state index in [0.717, 1.165) is 36.3 Å². The maximum Gasteiger partial charge on any atom is 0.150 e. The van der Waals surface area contributed by atoms with Gasteiger partial charge >= 0.3 is 0 Å². The Hall–Kier alpha value is -0.620. The van der Waals surface area contributed by atoms with Gasteiger partial charge in [-0.25, -0.2) is 8.42 Å². The zero-order valence-electron chi connectivity index (χ0n) is 12.3. The van der Waals surface area contributed by atoms with Crippen molar-refractivity contribution in [1.29, 1.82) is 0 Å². The lowest BCUT2D eigenvalue weighted by Gasteiger charge is -2.33. The Bertz CT molecular complexity index is 577. The standard InChI is InChI=1S/C15H23ClN2O2S/c1-21(19,20)13-7-4-6-12(9-13)15(18-17)10-11-5-2-3-8-14(11)16/h2-3,5,8,12-13,15,18H,4,6-7,9-10,17H2,1H3. The van der Waals surface area contributed by atoms with E-state index in [9.17, 15) is 8.42 Å². The maximum absolute atomic E-state index is 11.8. The van der Waals surface area contributed by atoms with Crippen LogP contribution >= 0.6 is 11.6 Å². The second-order valence-electron chi connectivity index (χ2n) is 5.95. The third kappa shape index (κ3) is 4.42. The van der Waals surface area contributed by atoms with Gasteiger partial charge in [0, 0.05) is 17.3 Å². The Morgan fingerprint density at radius 3 is 2.71 bits per heavy atom. The Morgan fingerprint density at radius 1 is 1.38 bits per heavy atom. The normalized spacial score (nSPS) is 24.7. The quantitative estimate of drug-likeness (QED) is 0.642. The van der Waals surface area contributed by atoms with Gasteiger partial charge < -0.3 is 0 Å². The molecule has 0 heterocycles. The molecular weight excluding hydrogens is 308 g/mol. The molecule has 118 valence electrons. The number of halogens is 1. The van der Waals surface area contributed by atoms with Crippen LogP contribution in [0.15, 0.2) is 24.3 Å². The van der Waals surface area contributed by atoms with Gasteiger partial charge in [0.25, 0.3) is 0 Å². The zero-order chi connectivity index (χ0) is 15.5. The molecule has 3 atom stereocenters. The Balaban J connectivity index is 2.09. The average Bonchev–Trinajstić information content (AvgIpc) is 2.46. The fourth-order valence-electron chi connectivity index (χ4n) is 3.20. The van der Waals surface area contributed by atoms with Gasteiger partial charge in [0.05, 0.1) is 5.25 Å². The van der Waals surface area contributed by atoms with Crippen molar-refractivity contribution in [2.75, 3.05) is 6.26 Å². The molecule has 1 aromatic carbocycles. The molecule has 2 rings (SSSR count). The summed E-state index contributed by atoms with van der Waals surface area (Å²) in [4.78, 5) is 0. The molecule has 0 bridgehead atoms. The fourth-order valence-corrected chi connectivity index (χ4v) is 4.60. The Labute approximate surface area is 131 Å². The minimum absolute atomic E-state index is 0.0504. The van der Waals surface area contributed by atoms with Gasteiger partial charge in [-0.3, -0.25) is 11.3 Å². The molecule has 1 saturated carbocycles. The molecule has 0 amide bonds. The number of benzene rings is 1. The summed E-state index contributed by atoms with van der Waals surface area (Å²) >= 11 is 6.20. The summed E-state index contributed by atoms with van der Waals surface area (Å²) in [5, 5.41) is 0.492. The number of nitrogens with one attached hydrogen (secondary N) is 1. The van der Waals surface area contributed by atoms with Crippen molar-refractivity contribution in [3.8, 4) is 0 Å². The predicted molar refractivity (Wildman–Crippen MR) is 86.9 cm³/mol. The number of hydrogen-bond donors (Lipinski definition) is 2. The second-order valence-corrected chi connectivity index (χ2v) is 8.68. The lowest BCUT2D eigenvalue weighted by atomic mass is 9.81. The maximum atomic E-state index is 11.8. The van der Waals surface area contributed by atoms with Crippen LogP contribution in [0.5, 0.6) is 0 Å². The number of nitrogens with two attached hydrogens (primary N) is 1. The zero-order valence-corrected chi connectivity index (χ0v) is 13.8. The molecule has 1 aliphatic carbocycles. The van der Waals surface area contributed by atoms with E-state index in [0.29, 0.717) is 6.42 Å². The van der Waals surface area contributed by atoms with E-state index in [2.05, 4.69) is 5.43 Å². The Morgan fingerprint density at radius 2 is 2.10 bits per heavy atom. The van der Waals surface area contributed by atoms with Crippen LogP contribution in [0.1, 0.15) is 31.2 Å². The lowest BCUT2D eigenvalue weighted by Crippen LogP contribution is -2.45. The minimum atomic E-state index is -2.98. The van der Waals surface area contributed by atoms with Crippen molar-refractivity contribution in [1.82, 2.24) is 5.43 Å². The number of hydrogen-bond acceptors (Lipinski definition) is 4. The van der Waals surface area contributed by atoms with Gasteiger partial charge in [0.15, 0.2) is 0 Å². The molecule has 4 nitrogen and oxygen atoms in total. The third-order valence-electron chi connectivity index (χ3n) is 4.45. The first kappa shape index (κ1) is 16.7. The van der Waals surface area contributed by atoms with E-state index < -0.39 is 9.84 Å². The van der Waals surface area contributed by atoms with Crippen LogP contribution in [0.3, 0.4) is 0 Å². The first-order valence-electron chi connectivity index (χ1n) is 7.30. The van der Waals surface area contributed by atoms with Gasteiger partial charge in [-0.1, -0.05) is 36.2 Å².